The fraction of sp³-hybridized carbons (Fsp3) is 0.273. The van der Waals surface area contributed by atoms with E-state index in [1.807, 2.05) is 6.92 Å². The Morgan fingerprint density at radius 1 is 1.43 bits per heavy atom. The molecule has 0 radical (unpaired) electrons. The molecule has 0 bridgehead atoms. The summed E-state index contributed by atoms with van der Waals surface area (Å²) in [4.78, 5) is 0. The molecule has 0 amide bonds. The summed E-state index contributed by atoms with van der Waals surface area (Å²) in [5.41, 5.74) is 7.27. The maximum absolute atomic E-state index is 13.0. The number of hydrogen-bond acceptors (Lipinski definition) is 2. The second-order valence-corrected chi connectivity index (χ2v) is 3.20. The van der Waals surface area contributed by atoms with Gasteiger partial charge in [-0.05, 0) is 24.6 Å². The summed E-state index contributed by atoms with van der Waals surface area (Å²) >= 11 is 0. The van der Waals surface area contributed by atoms with Crippen LogP contribution in [-0.4, -0.2) is 0 Å². The standard InChI is InChI=1S/C11H12FNO/c1-2-8-9-5-7(12)3-4-10(9)14-11(8)6-13/h3-5H,2,6,13H2,1H3. The second-order valence-electron chi connectivity index (χ2n) is 3.20. The number of nitrogens with two attached hydrogens (primary N) is 1. The van der Waals surface area contributed by atoms with Crippen molar-refractivity contribution in [3.63, 3.8) is 0 Å². The summed E-state index contributed by atoms with van der Waals surface area (Å²) in [6.07, 6.45) is 0.809. The van der Waals surface area contributed by atoms with Crippen LogP contribution in [0.3, 0.4) is 0 Å². The molecule has 1 aromatic heterocycles. The largest absolute Gasteiger partial charge is 0.459 e. The van der Waals surface area contributed by atoms with Crippen LogP contribution in [0.25, 0.3) is 11.0 Å². The van der Waals surface area contributed by atoms with Crippen molar-refractivity contribution in [1.82, 2.24) is 0 Å². The Morgan fingerprint density at radius 2 is 2.21 bits per heavy atom. The number of halogens is 1. The Hall–Kier alpha value is -1.35. The zero-order chi connectivity index (χ0) is 10.1. The molecule has 74 valence electrons. The quantitative estimate of drug-likeness (QED) is 0.796. The van der Waals surface area contributed by atoms with E-state index in [0.29, 0.717) is 12.1 Å². The van der Waals surface area contributed by atoms with Crippen molar-refractivity contribution in [3.8, 4) is 0 Å². The van der Waals surface area contributed by atoms with E-state index >= 15 is 0 Å². The first-order valence-electron chi connectivity index (χ1n) is 4.66. The van der Waals surface area contributed by atoms with Crippen LogP contribution in [0.2, 0.25) is 0 Å². The van der Waals surface area contributed by atoms with E-state index in [0.717, 1.165) is 23.1 Å². The van der Waals surface area contributed by atoms with Gasteiger partial charge in [0, 0.05) is 10.9 Å². The van der Waals surface area contributed by atoms with Gasteiger partial charge in [0.25, 0.3) is 0 Å². The van der Waals surface area contributed by atoms with Gasteiger partial charge in [0.2, 0.25) is 0 Å². The highest BCUT2D eigenvalue weighted by molar-refractivity contribution is 5.82. The highest BCUT2D eigenvalue weighted by atomic mass is 19.1. The predicted octanol–water partition coefficient (Wildman–Crippen LogP) is 2.59. The van der Waals surface area contributed by atoms with Gasteiger partial charge >= 0.3 is 0 Å². The van der Waals surface area contributed by atoms with Crippen molar-refractivity contribution in [2.75, 3.05) is 0 Å². The molecule has 2 N–H and O–H groups in total. The Labute approximate surface area is 81.5 Å². The van der Waals surface area contributed by atoms with Crippen molar-refractivity contribution < 1.29 is 8.81 Å². The van der Waals surface area contributed by atoms with E-state index in [1.54, 1.807) is 6.07 Å². The van der Waals surface area contributed by atoms with Crippen molar-refractivity contribution in [2.24, 2.45) is 5.73 Å². The number of hydrogen-bond donors (Lipinski definition) is 1. The molecule has 0 saturated heterocycles. The summed E-state index contributed by atoms with van der Waals surface area (Å²) in [5.74, 6) is 0.518. The predicted molar refractivity (Wildman–Crippen MR) is 53.4 cm³/mol. The van der Waals surface area contributed by atoms with Crippen LogP contribution >= 0.6 is 0 Å². The molecule has 1 heterocycles. The van der Waals surface area contributed by atoms with Crippen molar-refractivity contribution in [2.45, 2.75) is 19.9 Å². The lowest BCUT2D eigenvalue weighted by molar-refractivity contribution is 0.545. The van der Waals surface area contributed by atoms with Crippen LogP contribution in [-0.2, 0) is 13.0 Å². The Balaban J connectivity index is 2.74. The van der Waals surface area contributed by atoms with Gasteiger partial charge < -0.3 is 10.2 Å². The number of rotatable bonds is 2. The first kappa shape index (κ1) is 9.21. The molecule has 2 nitrogen and oxygen atoms in total. The first-order valence-corrected chi connectivity index (χ1v) is 4.66. The van der Waals surface area contributed by atoms with Crippen LogP contribution in [0, 0.1) is 5.82 Å². The Morgan fingerprint density at radius 3 is 2.86 bits per heavy atom. The maximum atomic E-state index is 13.0. The third-order valence-corrected chi connectivity index (χ3v) is 2.38. The molecule has 2 aromatic rings. The van der Waals surface area contributed by atoms with Gasteiger partial charge in [0.1, 0.15) is 17.2 Å². The minimum absolute atomic E-state index is 0.239. The second kappa shape index (κ2) is 3.42. The SMILES string of the molecule is CCc1c(CN)oc2ccc(F)cc12. The molecule has 0 saturated carbocycles. The molecule has 0 aliphatic rings. The lowest BCUT2D eigenvalue weighted by Crippen LogP contribution is -1.97. The molecule has 1 aromatic carbocycles. The zero-order valence-electron chi connectivity index (χ0n) is 8.01. The number of furan rings is 1. The van der Waals surface area contributed by atoms with Crippen molar-refractivity contribution in [1.29, 1.82) is 0 Å². The van der Waals surface area contributed by atoms with Crippen LogP contribution in [0.4, 0.5) is 4.39 Å². The van der Waals surface area contributed by atoms with Gasteiger partial charge in [-0.15, -0.1) is 0 Å². The minimum Gasteiger partial charge on any atom is -0.459 e. The van der Waals surface area contributed by atoms with E-state index in [4.69, 9.17) is 10.2 Å². The third-order valence-electron chi connectivity index (χ3n) is 2.38. The monoisotopic (exact) mass is 193 g/mol. The lowest BCUT2D eigenvalue weighted by Gasteiger charge is -1.94. The third kappa shape index (κ3) is 1.30. The molecular weight excluding hydrogens is 181 g/mol. The Bertz CT molecular complexity index is 462. The zero-order valence-corrected chi connectivity index (χ0v) is 8.01. The van der Waals surface area contributed by atoms with Crippen molar-refractivity contribution >= 4 is 11.0 Å². The molecule has 0 aliphatic carbocycles. The first-order chi connectivity index (χ1) is 6.76. The molecule has 14 heavy (non-hydrogen) atoms. The smallest absolute Gasteiger partial charge is 0.134 e. The van der Waals surface area contributed by atoms with E-state index in [-0.39, 0.29) is 5.82 Å². The minimum atomic E-state index is -0.239. The molecule has 0 fully saturated rings. The van der Waals surface area contributed by atoms with E-state index < -0.39 is 0 Å². The number of fused-ring (bicyclic) bond motifs is 1. The topological polar surface area (TPSA) is 39.2 Å². The summed E-state index contributed by atoms with van der Waals surface area (Å²) in [5, 5.41) is 0.841. The van der Waals surface area contributed by atoms with E-state index in [1.165, 1.54) is 12.1 Å². The molecule has 3 heteroatoms. The molecule has 0 aliphatic heterocycles. The van der Waals surface area contributed by atoms with Gasteiger partial charge in [-0.25, -0.2) is 4.39 Å². The van der Waals surface area contributed by atoms with Gasteiger partial charge in [-0.2, -0.15) is 0 Å². The van der Waals surface area contributed by atoms with Crippen LogP contribution in [0.5, 0.6) is 0 Å². The van der Waals surface area contributed by atoms with Crippen LogP contribution in [0.1, 0.15) is 18.2 Å². The van der Waals surface area contributed by atoms with Gasteiger partial charge in [-0.3, -0.25) is 0 Å². The molecule has 2 rings (SSSR count). The molecular formula is C11H12FNO. The fourth-order valence-electron chi connectivity index (χ4n) is 1.72. The van der Waals surface area contributed by atoms with Crippen LogP contribution in [0.15, 0.2) is 22.6 Å². The normalized spacial score (nSPS) is 11.1. The summed E-state index contributed by atoms with van der Waals surface area (Å²) in [6.45, 7) is 2.37. The number of benzene rings is 1. The molecule has 0 unspecified atom stereocenters. The summed E-state index contributed by atoms with van der Waals surface area (Å²) in [7, 11) is 0. The fourth-order valence-corrected chi connectivity index (χ4v) is 1.72. The molecule has 0 spiro atoms. The number of aryl methyl sites for hydroxylation is 1. The highest BCUT2D eigenvalue weighted by Gasteiger charge is 2.11. The van der Waals surface area contributed by atoms with Gasteiger partial charge in [-0.1, -0.05) is 6.92 Å². The average Bonchev–Trinajstić information content (AvgIpc) is 2.54. The average molecular weight is 193 g/mol. The maximum Gasteiger partial charge on any atom is 0.134 e. The van der Waals surface area contributed by atoms with Gasteiger partial charge in [0.05, 0.1) is 6.54 Å². The van der Waals surface area contributed by atoms with E-state index in [9.17, 15) is 4.39 Å². The highest BCUT2D eigenvalue weighted by Crippen LogP contribution is 2.26. The lowest BCUT2D eigenvalue weighted by atomic mass is 10.1. The summed E-state index contributed by atoms with van der Waals surface area (Å²) < 4.78 is 18.5. The van der Waals surface area contributed by atoms with E-state index in [2.05, 4.69) is 0 Å². The van der Waals surface area contributed by atoms with Crippen LogP contribution < -0.4 is 5.73 Å². The molecule has 0 atom stereocenters. The Kier molecular flexibility index (Phi) is 2.25. The van der Waals surface area contributed by atoms with Crippen molar-refractivity contribution in [3.05, 3.63) is 35.3 Å². The van der Waals surface area contributed by atoms with Gasteiger partial charge in [0.15, 0.2) is 0 Å². The summed E-state index contributed by atoms with van der Waals surface area (Å²) in [6, 6.07) is 4.53.